The molecule has 1 aliphatic heterocycles. The van der Waals surface area contributed by atoms with Gasteiger partial charge in [-0.05, 0) is 38.7 Å². The molecule has 1 unspecified atom stereocenters. The molecule has 1 saturated heterocycles. The Kier molecular flexibility index (Phi) is 4.56. The zero-order valence-corrected chi connectivity index (χ0v) is 15.8. The number of benzene rings is 1. The van der Waals surface area contributed by atoms with Crippen molar-refractivity contribution in [1.82, 2.24) is 19.8 Å². The predicted octanol–water partition coefficient (Wildman–Crippen LogP) is 2.91. The van der Waals surface area contributed by atoms with Gasteiger partial charge in [0.2, 0.25) is 0 Å². The van der Waals surface area contributed by atoms with E-state index in [1.54, 1.807) is 30.6 Å². The minimum Gasteiger partial charge on any atom is -0.360 e. The zero-order chi connectivity index (χ0) is 19.8. The number of aromatic amines is 1. The van der Waals surface area contributed by atoms with Gasteiger partial charge in [-0.2, -0.15) is 0 Å². The highest BCUT2D eigenvalue weighted by Gasteiger charge is 2.28. The van der Waals surface area contributed by atoms with Gasteiger partial charge >= 0.3 is 0 Å². The monoisotopic (exact) mass is 379 g/mol. The number of non-ortho nitro benzene ring substituents is 1. The number of nitrogens with one attached hydrogen (secondary N) is 1. The average molecular weight is 379 g/mol. The Labute approximate surface area is 161 Å². The maximum absolute atomic E-state index is 12.7. The van der Waals surface area contributed by atoms with E-state index >= 15 is 0 Å². The number of nitrogens with zero attached hydrogens (tertiary/aromatic N) is 4. The third-order valence-electron chi connectivity index (χ3n) is 5.34. The normalized spacial score (nSPS) is 16.8. The van der Waals surface area contributed by atoms with Gasteiger partial charge in [0.1, 0.15) is 0 Å². The van der Waals surface area contributed by atoms with Gasteiger partial charge in [0.25, 0.3) is 11.6 Å². The Bertz CT molecular complexity index is 1040. The Hall–Kier alpha value is -3.26. The first-order valence-electron chi connectivity index (χ1n) is 9.11. The van der Waals surface area contributed by atoms with Gasteiger partial charge < -0.3 is 14.8 Å². The van der Waals surface area contributed by atoms with Crippen LogP contribution in [0.25, 0.3) is 22.2 Å². The Morgan fingerprint density at radius 2 is 2.14 bits per heavy atom. The van der Waals surface area contributed by atoms with Gasteiger partial charge in [-0.15, -0.1) is 0 Å². The molecule has 3 heterocycles. The maximum atomic E-state index is 12.7. The van der Waals surface area contributed by atoms with Crippen LogP contribution < -0.4 is 0 Å². The molecule has 1 N–H and O–H groups in total. The third kappa shape index (κ3) is 3.22. The molecule has 3 aromatic rings. The van der Waals surface area contributed by atoms with Crippen LogP contribution in [0, 0.1) is 10.1 Å². The van der Waals surface area contributed by atoms with Crippen LogP contribution in [0.15, 0.2) is 42.7 Å². The van der Waals surface area contributed by atoms with Crippen LogP contribution in [0.1, 0.15) is 16.8 Å². The van der Waals surface area contributed by atoms with Gasteiger partial charge in [0.05, 0.1) is 16.2 Å². The second kappa shape index (κ2) is 7.05. The Morgan fingerprint density at radius 3 is 2.79 bits per heavy atom. The molecule has 1 fully saturated rings. The SMILES string of the molecule is CN(C)C1CCN(C(=O)c2ccc(-c3c[nH]c4ccc([N+](=O)[O-])cc34)nc2)C1. The number of aromatic nitrogens is 2. The lowest BCUT2D eigenvalue weighted by Gasteiger charge is -2.20. The number of hydrogen-bond acceptors (Lipinski definition) is 5. The van der Waals surface area contributed by atoms with E-state index in [0.29, 0.717) is 17.3 Å². The molecule has 1 aliphatic rings. The molecule has 0 aliphatic carbocycles. The summed E-state index contributed by atoms with van der Waals surface area (Å²) in [5.74, 6) is -0.0158. The number of carbonyl (C=O) groups is 1. The van der Waals surface area contributed by atoms with Gasteiger partial charge in [0.15, 0.2) is 0 Å². The molecule has 8 nitrogen and oxygen atoms in total. The first-order valence-corrected chi connectivity index (χ1v) is 9.11. The van der Waals surface area contributed by atoms with Crippen LogP contribution in [0.4, 0.5) is 5.69 Å². The predicted molar refractivity (Wildman–Crippen MR) is 106 cm³/mol. The number of amides is 1. The summed E-state index contributed by atoms with van der Waals surface area (Å²) in [4.78, 5) is 34.9. The van der Waals surface area contributed by atoms with Crippen molar-refractivity contribution in [2.75, 3.05) is 27.2 Å². The van der Waals surface area contributed by atoms with E-state index in [2.05, 4.69) is 14.9 Å². The molecule has 4 rings (SSSR count). The van der Waals surface area contributed by atoms with Gasteiger partial charge in [-0.3, -0.25) is 19.9 Å². The summed E-state index contributed by atoms with van der Waals surface area (Å²) in [6, 6.07) is 8.63. The van der Waals surface area contributed by atoms with Crippen LogP contribution in [-0.4, -0.2) is 63.8 Å². The number of rotatable bonds is 4. The molecule has 28 heavy (non-hydrogen) atoms. The summed E-state index contributed by atoms with van der Waals surface area (Å²) in [6.07, 6.45) is 4.33. The largest absolute Gasteiger partial charge is 0.360 e. The third-order valence-corrected chi connectivity index (χ3v) is 5.34. The van der Waals surface area contributed by atoms with Crippen molar-refractivity contribution in [3.05, 3.63) is 58.4 Å². The van der Waals surface area contributed by atoms with Crippen molar-refractivity contribution >= 4 is 22.5 Å². The molecule has 0 radical (unpaired) electrons. The summed E-state index contributed by atoms with van der Waals surface area (Å²) in [5.41, 5.74) is 2.82. The van der Waals surface area contributed by atoms with Crippen molar-refractivity contribution in [3.63, 3.8) is 0 Å². The molecule has 0 spiro atoms. The van der Waals surface area contributed by atoms with E-state index in [4.69, 9.17) is 0 Å². The number of H-pyrrole nitrogens is 1. The minimum atomic E-state index is -0.414. The summed E-state index contributed by atoms with van der Waals surface area (Å²) in [6.45, 7) is 1.47. The molecule has 0 bridgehead atoms. The molecule has 1 amide bonds. The summed E-state index contributed by atoms with van der Waals surface area (Å²) >= 11 is 0. The summed E-state index contributed by atoms with van der Waals surface area (Å²) in [5, 5.41) is 11.8. The van der Waals surface area contributed by atoms with E-state index in [1.807, 2.05) is 19.0 Å². The van der Waals surface area contributed by atoms with Crippen LogP contribution >= 0.6 is 0 Å². The fourth-order valence-electron chi connectivity index (χ4n) is 3.64. The van der Waals surface area contributed by atoms with Crippen molar-refractivity contribution in [2.45, 2.75) is 12.5 Å². The topological polar surface area (TPSA) is 95.4 Å². The lowest BCUT2D eigenvalue weighted by atomic mass is 10.1. The number of carbonyl (C=O) groups excluding carboxylic acids is 1. The van der Waals surface area contributed by atoms with Crippen molar-refractivity contribution in [1.29, 1.82) is 0 Å². The Morgan fingerprint density at radius 1 is 1.32 bits per heavy atom. The summed E-state index contributed by atoms with van der Waals surface area (Å²) in [7, 11) is 4.06. The van der Waals surface area contributed by atoms with Crippen LogP contribution in [0.5, 0.6) is 0 Å². The van der Waals surface area contributed by atoms with Gasteiger partial charge in [-0.25, -0.2) is 0 Å². The number of fused-ring (bicyclic) bond motifs is 1. The second-order valence-electron chi connectivity index (χ2n) is 7.28. The van der Waals surface area contributed by atoms with Crippen molar-refractivity contribution in [2.24, 2.45) is 0 Å². The number of nitro groups is 1. The summed E-state index contributed by atoms with van der Waals surface area (Å²) < 4.78 is 0. The van der Waals surface area contributed by atoms with E-state index in [-0.39, 0.29) is 11.6 Å². The first-order chi connectivity index (χ1) is 13.4. The fourth-order valence-corrected chi connectivity index (χ4v) is 3.64. The number of hydrogen-bond donors (Lipinski definition) is 1. The first kappa shape index (κ1) is 18.1. The van der Waals surface area contributed by atoms with E-state index in [9.17, 15) is 14.9 Å². The maximum Gasteiger partial charge on any atom is 0.270 e. The Balaban J connectivity index is 1.58. The molecule has 8 heteroatoms. The van der Waals surface area contributed by atoms with E-state index in [1.165, 1.54) is 12.1 Å². The highest BCUT2D eigenvalue weighted by atomic mass is 16.6. The molecular formula is C20H21N5O3. The quantitative estimate of drug-likeness (QED) is 0.555. The molecule has 2 aromatic heterocycles. The van der Waals surface area contributed by atoms with Crippen LogP contribution in [-0.2, 0) is 0 Å². The average Bonchev–Trinajstić information content (AvgIpc) is 3.34. The highest BCUT2D eigenvalue weighted by Crippen LogP contribution is 2.30. The van der Waals surface area contributed by atoms with Crippen molar-refractivity contribution < 1.29 is 9.72 Å². The smallest absolute Gasteiger partial charge is 0.270 e. The number of likely N-dealkylation sites (N-methyl/N-ethyl adjacent to an activating group) is 1. The van der Waals surface area contributed by atoms with Crippen LogP contribution in [0.2, 0.25) is 0 Å². The number of pyridine rings is 1. The molecule has 144 valence electrons. The van der Waals surface area contributed by atoms with Crippen molar-refractivity contribution in [3.8, 4) is 11.3 Å². The fraction of sp³-hybridized carbons (Fsp3) is 0.300. The van der Waals surface area contributed by atoms with E-state index < -0.39 is 4.92 Å². The molecule has 1 aromatic carbocycles. The molecule has 0 saturated carbocycles. The lowest BCUT2D eigenvalue weighted by molar-refractivity contribution is -0.384. The highest BCUT2D eigenvalue weighted by molar-refractivity contribution is 5.97. The zero-order valence-electron chi connectivity index (χ0n) is 15.8. The van der Waals surface area contributed by atoms with Gasteiger partial charge in [0, 0.05) is 60.1 Å². The minimum absolute atomic E-state index is 0.0158. The lowest BCUT2D eigenvalue weighted by Crippen LogP contribution is -2.34. The van der Waals surface area contributed by atoms with Gasteiger partial charge in [-0.1, -0.05) is 0 Å². The van der Waals surface area contributed by atoms with E-state index in [0.717, 1.165) is 36.0 Å². The number of nitro benzene ring substituents is 1. The second-order valence-corrected chi connectivity index (χ2v) is 7.28. The number of likely N-dealkylation sites (tertiary alicyclic amines) is 1. The standard InChI is InChI=1S/C20H21N5O3/c1-23(2)15-7-8-24(12-15)20(26)13-3-5-19(21-10-13)17-11-22-18-6-4-14(25(27)28)9-16(17)18/h3-6,9-11,15,22H,7-8,12H2,1-2H3. The van der Waals surface area contributed by atoms with Crippen LogP contribution in [0.3, 0.4) is 0 Å². The molecule has 1 atom stereocenters. The molecular weight excluding hydrogens is 358 g/mol.